The van der Waals surface area contributed by atoms with Crippen molar-refractivity contribution in [3.05, 3.63) is 17.2 Å². The van der Waals surface area contributed by atoms with E-state index in [2.05, 4.69) is 22.6 Å². The molecule has 0 aromatic carbocycles. The first-order valence-corrected chi connectivity index (χ1v) is 3.85. The van der Waals surface area contributed by atoms with E-state index >= 15 is 0 Å². The molecular weight excluding hydrogens is 196 g/mol. The molecule has 0 aliphatic carbocycles. The Hall–Kier alpha value is -1.50. The number of aromatic carboxylic acids is 2. The van der Waals surface area contributed by atoms with Gasteiger partial charge < -0.3 is 15.2 Å². The number of aromatic amines is 1. The van der Waals surface area contributed by atoms with Crippen molar-refractivity contribution >= 4 is 24.6 Å². The summed E-state index contributed by atoms with van der Waals surface area (Å²) >= 11 is 3.83. The molecule has 0 amide bonds. The van der Waals surface area contributed by atoms with E-state index in [4.69, 9.17) is 10.2 Å². The minimum absolute atomic E-state index is 0.160. The van der Waals surface area contributed by atoms with E-state index in [1.807, 2.05) is 0 Å². The first kappa shape index (κ1) is 9.59. The van der Waals surface area contributed by atoms with Crippen LogP contribution in [0.2, 0.25) is 0 Å². The largest absolute Gasteiger partial charge is 0.477 e. The zero-order valence-corrected chi connectivity index (χ0v) is 7.21. The fraction of sp³-hybridized carbons (Fsp3) is 0.167. The second-order valence-electron chi connectivity index (χ2n) is 2.18. The maximum atomic E-state index is 10.5. The summed E-state index contributed by atoms with van der Waals surface area (Å²) in [6.45, 7) is 0. The molecular formula is C6H6N2O4S. The molecule has 1 heterocycles. The fourth-order valence-corrected chi connectivity index (χ4v) is 0.956. The third kappa shape index (κ3) is 1.81. The molecule has 1 aromatic heterocycles. The van der Waals surface area contributed by atoms with E-state index in [1.54, 1.807) is 0 Å². The number of rotatable bonds is 3. The molecule has 70 valence electrons. The lowest BCUT2D eigenvalue weighted by Crippen LogP contribution is -2.07. The van der Waals surface area contributed by atoms with Crippen molar-refractivity contribution in [1.29, 1.82) is 0 Å². The average molecular weight is 202 g/mol. The molecule has 1 rings (SSSR count). The van der Waals surface area contributed by atoms with Crippen LogP contribution >= 0.6 is 12.6 Å². The van der Waals surface area contributed by atoms with Gasteiger partial charge in [-0.1, -0.05) is 0 Å². The Morgan fingerprint density at radius 1 is 1.38 bits per heavy atom. The van der Waals surface area contributed by atoms with Crippen LogP contribution < -0.4 is 0 Å². The molecule has 7 heteroatoms. The number of aromatic nitrogens is 2. The van der Waals surface area contributed by atoms with Crippen LogP contribution in [-0.4, -0.2) is 32.1 Å². The highest BCUT2D eigenvalue weighted by Crippen LogP contribution is 2.07. The van der Waals surface area contributed by atoms with Crippen molar-refractivity contribution < 1.29 is 19.8 Å². The highest BCUT2D eigenvalue weighted by atomic mass is 32.1. The van der Waals surface area contributed by atoms with Gasteiger partial charge in [-0.05, 0) is 0 Å². The molecule has 1 aromatic rings. The second kappa shape index (κ2) is 3.48. The first-order chi connectivity index (χ1) is 6.06. The van der Waals surface area contributed by atoms with Gasteiger partial charge in [-0.15, -0.1) is 0 Å². The van der Waals surface area contributed by atoms with Gasteiger partial charge in [0.1, 0.15) is 5.82 Å². The Labute approximate surface area is 78.0 Å². The summed E-state index contributed by atoms with van der Waals surface area (Å²) in [7, 11) is 0. The topological polar surface area (TPSA) is 103 Å². The molecule has 0 fully saturated rings. The minimum Gasteiger partial charge on any atom is -0.477 e. The summed E-state index contributed by atoms with van der Waals surface area (Å²) < 4.78 is 0. The summed E-state index contributed by atoms with van der Waals surface area (Å²) in [4.78, 5) is 26.9. The Kier molecular flexibility index (Phi) is 2.57. The van der Waals surface area contributed by atoms with Gasteiger partial charge in [0.05, 0.1) is 0 Å². The molecule has 3 N–H and O–H groups in total. The number of carbonyl (C=O) groups is 2. The average Bonchev–Trinajstić information content (AvgIpc) is 2.47. The highest BCUT2D eigenvalue weighted by molar-refractivity contribution is 7.79. The Morgan fingerprint density at radius 3 is 2.31 bits per heavy atom. The first-order valence-electron chi connectivity index (χ1n) is 3.22. The molecule has 0 atom stereocenters. The van der Waals surface area contributed by atoms with Crippen molar-refractivity contribution in [2.75, 3.05) is 0 Å². The molecule has 0 unspecified atom stereocenters. The minimum atomic E-state index is -1.37. The van der Waals surface area contributed by atoms with Crippen molar-refractivity contribution in [3.63, 3.8) is 0 Å². The van der Waals surface area contributed by atoms with Gasteiger partial charge in [0, 0.05) is 5.75 Å². The van der Waals surface area contributed by atoms with Crippen molar-refractivity contribution in [1.82, 2.24) is 9.97 Å². The predicted molar refractivity (Wildman–Crippen MR) is 45.2 cm³/mol. The summed E-state index contributed by atoms with van der Waals surface area (Å²) in [5, 5.41) is 17.1. The van der Waals surface area contributed by atoms with Gasteiger partial charge in [-0.25, -0.2) is 14.6 Å². The van der Waals surface area contributed by atoms with Crippen molar-refractivity contribution in [3.8, 4) is 0 Å². The van der Waals surface area contributed by atoms with Crippen LogP contribution in [0, 0.1) is 0 Å². The third-order valence-electron chi connectivity index (χ3n) is 1.32. The van der Waals surface area contributed by atoms with Crippen LogP contribution in [0.4, 0.5) is 0 Å². The van der Waals surface area contributed by atoms with Gasteiger partial charge in [0.2, 0.25) is 0 Å². The molecule has 13 heavy (non-hydrogen) atoms. The zero-order valence-electron chi connectivity index (χ0n) is 6.31. The standard InChI is InChI=1S/C6H6N2O4S/c9-5(10)3-4(6(11)12)8-2(1-13)7-3/h13H,1H2,(H,7,8)(H,9,10)(H,11,12). The number of nitrogens with one attached hydrogen (secondary N) is 1. The predicted octanol–water partition coefficient (Wildman–Crippen LogP) is 0.236. The molecule has 6 nitrogen and oxygen atoms in total. The van der Waals surface area contributed by atoms with Crippen LogP contribution in [-0.2, 0) is 5.75 Å². The lowest BCUT2D eigenvalue weighted by molar-refractivity contribution is 0.0644. The second-order valence-corrected chi connectivity index (χ2v) is 2.49. The van der Waals surface area contributed by atoms with E-state index in [1.165, 1.54) is 0 Å². The number of imidazole rings is 1. The number of nitrogens with zero attached hydrogens (tertiary/aromatic N) is 1. The SMILES string of the molecule is O=C(O)c1nc(CS)[nH]c1C(=O)O. The lowest BCUT2D eigenvalue weighted by Gasteiger charge is -1.88. The van der Waals surface area contributed by atoms with E-state index < -0.39 is 23.3 Å². The number of thiol groups is 1. The highest BCUT2D eigenvalue weighted by Gasteiger charge is 2.20. The summed E-state index contributed by atoms with van der Waals surface area (Å²) in [6.07, 6.45) is 0. The van der Waals surface area contributed by atoms with Crippen LogP contribution in [0.3, 0.4) is 0 Å². The summed E-state index contributed by atoms with van der Waals surface area (Å²) in [5.41, 5.74) is -0.909. The number of hydrogen-bond acceptors (Lipinski definition) is 4. The van der Waals surface area contributed by atoms with Gasteiger partial charge >= 0.3 is 11.9 Å². The number of carboxylic acids is 2. The molecule has 0 saturated heterocycles. The monoisotopic (exact) mass is 202 g/mol. The Morgan fingerprint density at radius 2 is 2.00 bits per heavy atom. The molecule has 0 spiro atoms. The van der Waals surface area contributed by atoms with Crippen molar-refractivity contribution in [2.45, 2.75) is 5.75 Å². The number of H-pyrrole nitrogens is 1. The van der Waals surface area contributed by atoms with Gasteiger partial charge in [-0.2, -0.15) is 12.6 Å². The van der Waals surface area contributed by atoms with Gasteiger partial charge in [0.25, 0.3) is 0 Å². The number of carboxylic acid groups (broad SMARTS) is 2. The van der Waals surface area contributed by atoms with E-state index in [-0.39, 0.29) is 11.6 Å². The van der Waals surface area contributed by atoms with Crippen LogP contribution in [0.1, 0.15) is 26.8 Å². The van der Waals surface area contributed by atoms with Gasteiger partial charge in [0.15, 0.2) is 11.4 Å². The maximum Gasteiger partial charge on any atom is 0.357 e. The summed E-state index contributed by atoms with van der Waals surface area (Å²) in [6, 6.07) is 0. The molecule has 0 aliphatic rings. The Bertz CT molecular complexity index is 328. The molecule has 0 radical (unpaired) electrons. The van der Waals surface area contributed by atoms with Crippen LogP contribution in [0.25, 0.3) is 0 Å². The van der Waals surface area contributed by atoms with Gasteiger partial charge in [-0.3, -0.25) is 0 Å². The van der Waals surface area contributed by atoms with Crippen LogP contribution in [0.5, 0.6) is 0 Å². The lowest BCUT2D eigenvalue weighted by atomic mass is 10.3. The van der Waals surface area contributed by atoms with E-state index in [0.29, 0.717) is 0 Å². The summed E-state index contributed by atoms with van der Waals surface area (Å²) in [5.74, 6) is -2.34. The zero-order chi connectivity index (χ0) is 10.0. The maximum absolute atomic E-state index is 10.5. The fourth-order valence-electron chi connectivity index (χ4n) is 0.807. The van der Waals surface area contributed by atoms with Crippen LogP contribution in [0.15, 0.2) is 0 Å². The Balaban J connectivity index is 3.23. The third-order valence-corrected chi connectivity index (χ3v) is 1.62. The normalized spacial score (nSPS) is 9.92. The van der Waals surface area contributed by atoms with E-state index in [0.717, 1.165) is 0 Å². The molecule has 0 saturated carbocycles. The van der Waals surface area contributed by atoms with Crippen molar-refractivity contribution in [2.24, 2.45) is 0 Å². The molecule has 0 bridgehead atoms. The number of hydrogen-bond donors (Lipinski definition) is 4. The quantitative estimate of drug-likeness (QED) is 0.525. The smallest absolute Gasteiger partial charge is 0.357 e. The molecule has 0 aliphatic heterocycles. The van der Waals surface area contributed by atoms with E-state index in [9.17, 15) is 9.59 Å².